The lowest BCUT2D eigenvalue weighted by molar-refractivity contribution is -0.134. The molecule has 2 fully saturated rings. The highest BCUT2D eigenvalue weighted by Gasteiger charge is 2.54. The summed E-state index contributed by atoms with van der Waals surface area (Å²) >= 11 is 0. The highest BCUT2D eigenvalue weighted by atomic mass is 16.4. The van der Waals surface area contributed by atoms with E-state index in [0.29, 0.717) is 19.4 Å². The van der Waals surface area contributed by atoms with Gasteiger partial charge in [0.25, 0.3) is 5.91 Å². The zero-order chi connectivity index (χ0) is 15.9. The molecular formula is C14H23N3O4. The average molecular weight is 297 g/mol. The van der Waals surface area contributed by atoms with Gasteiger partial charge in [-0.3, -0.25) is 9.69 Å². The molecule has 2 saturated heterocycles. The molecule has 1 unspecified atom stereocenters. The molecular weight excluding hydrogens is 274 g/mol. The molecule has 0 aromatic rings. The van der Waals surface area contributed by atoms with Gasteiger partial charge < -0.3 is 14.9 Å². The summed E-state index contributed by atoms with van der Waals surface area (Å²) in [5.74, 6) is -0.238. The number of hydrogen-bond donors (Lipinski definition) is 1. The van der Waals surface area contributed by atoms with E-state index in [2.05, 4.69) is 0 Å². The summed E-state index contributed by atoms with van der Waals surface area (Å²) in [4.78, 5) is 40.5. The summed E-state index contributed by atoms with van der Waals surface area (Å²) in [7, 11) is 0. The Morgan fingerprint density at radius 2 is 1.95 bits per heavy atom. The number of rotatable bonds is 2. The van der Waals surface area contributed by atoms with E-state index in [1.54, 1.807) is 18.7 Å². The molecule has 2 aliphatic rings. The Morgan fingerprint density at radius 1 is 1.33 bits per heavy atom. The first-order valence-electron chi connectivity index (χ1n) is 7.32. The van der Waals surface area contributed by atoms with E-state index in [1.165, 1.54) is 9.80 Å². The number of carboxylic acid groups (broad SMARTS) is 1. The van der Waals surface area contributed by atoms with Crippen molar-refractivity contribution >= 4 is 18.0 Å². The van der Waals surface area contributed by atoms with Crippen molar-refractivity contribution in [1.29, 1.82) is 0 Å². The molecule has 7 nitrogen and oxygen atoms in total. The van der Waals surface area contributed by atoms with Crippen LogP contribution in [-0.4, -0.2) is 68.5 Å². The molecule has 0 radical (unpaired) electrons. The van der Waals surface area contributed by atoms with E-state index in [1.807, 2.05) is 13.8 Å². The monoisotopic (exact) mass is 297 g/mol. The summed E-state index contributed by atoms with van der Waals surface area (Å²) < 4.78 is 0. The molecule has 0 saturated carbocycles. The zero-order valence-electron chi connectivity index (χ0n) is 13.0. The second kappa shape index (κ2) is 5.20. The van der Waals surface area contributed by atoms with Crippen LogP contribution in [0.2, 0.25) is 0 Å². The highest BCUT2D eigenvalue weighted by Crippen LogP contribution is 2.33. The Kier molecular flexibility index (Phi) is 3.86. The SMILES string of the molecule is CC(C)N1C(=O)N(C2CCCN(C(=O)O)C2)C(=O)C1(C)C. The maximum absolute atomic E-state index is 12.6. The fraction of sp³-hybridized carbons (Fsp3) is 0.786. The average Bonchev–Trinajstić information content (AvgIpc) is 2.55. The molecule has 0 aliphatic carbocycles. The van der Waals surface area contributed by atoms with Gasteiger partial charge in [0.2, 0.25) is 0 Å². The summed E-state index contributed by atoms with van der Waals surface area (Å²) in [5.41, 5.74) is -0.878. The van der Waals surface area contributed by atoms with Crippen LogP contribution in [0.3, 0.4) is 0 Å². The van der Waals surface area contributed by atoms with Crippen LogP contribution in [0.4, 0.5) is 9.59 Å². The Hall–Kier alpha value is -1.79. The fourth-order valence-electron chi connectivity index (χ4n) is 3.37. The number of hydrogen-bond acceptors (Lipinski definition) is 3. The van der Waals surface area contributed by atoms with E-state index in [9.17, 15) is 14.4 Å². The van der Waals surface area contributed by atoms with Gasteiger partial charge in [-0.15, -0.1) is 0 Å². The maximum atomic E-state index is 12.6. The van der Waals surface area contributed by atoms with Crippen molar-refractivity contribution in [1.82, 2.24) is 14.7 Å². The standard InChI is InChI=1S/C14H23N3O4/c1-9(2)17-12(19)16(11(18)14(17,3)4)10-6-5-7-15(8-10)13(20)21/h9-10H,5-8H2,1-4H3,(H,20,21). The van der Waals surface area contributed by atoms with E-state index in [4.69, 9.17) is 5.11 Å². The van der Waals surface area contributed by atoms with Crippen LogP contribution in [-0.2, 0) is 4.79 Å². The van der Waals surface area contributed by atoms with Crippen LogP contribution in [0.25, 0.3) is 0 Å². The fourth-order valence-corrected chi connectivity index (χ4v) is 3.37. The van der Waals surface area contributed by atoms with Crippen molar-refractivity contribution in [3.05, 3.63) is 0 Å². The van der Waals surface area contributed by atoms with Crippen LogP contribution in [0.1, 0.15) is 40.5 Å². The number of amides is 4. The number of piperidine rings is 1. The van der Waals surface area contributed by atoms with Crippen molar-refractivity contribution in [2.24, 2.45) is 0 Å². The topological polar surface area (TPSA) is 81.2 Å². The van der Waals surface area contributed by atoms with Gasteiger partial charge in [0, 0.05) is 19.1 Å². The van der Waals surface area contributed by atoms with E-state index >= 15 is 0 Å². The normalized spacial score (nSPS) is 26.0. The number of carbonyl (C=O) groups is 3. The molecule has 2 heterocycles. The lowest BCUT2D eigenvalue weighted by Crippen LogP contribution is -2.52. The molecule has 4 amide bonds. The van der Waals surface area contributed by atoms with Crippen molar-refractivity contribution in [3.8, 4) is 0 Å². The molecule has 0 spiro atoms. The Bertz CT molecular complexity index is 475. The van der Waals surface area contributed by atoms with Crippen molar-refractivity contribution < 1.29 is 19.5 Å². The van der Waals surface area contributed by atoms with Gasteiger partial charge in [0.1, 0.15) is 5.54 Å². The quantitative estimate of drug-likeness (QED) is 0.785. The Morgan fingerprint density at radius 3 is 2.43 bits per heavy atom. The largest absolute Gasteiger partial charge is 0.465 e. The number of imide groups is 1. The minimum absolute atomic E-state index is 0.0828. The van der Waals surface area contributed by atoms with Gasteiger partial charge in [-0.2, -0.15) is 0 Å². The third kappa shape index (κ3) is 2.45. The second-order valence-corrected chi connectivity index (χ2v) is 6.51. The highest BCUT2D eigenvalue weighted by molar-refractivity contribution is 6.07. The molecule has 21 heavy (non-hydrogen) atoms. The minimum atomic E-state index is -1.00. The smallest absolute Gasteiger partial charge is 0.407 e. The Labute approximate surface area is 124 Å². The van der Waals surface area contributed by atoms with Crippen LogP contribution < -0.4 is 0 Å². The van der Waals surface area contributed by atoms with Crippen LogP contribution in [0.5, 0.6) is 0 Å². The van der Waals surface area contributed by atoms with Crippen LogP contribution >= 0.6 is 0 Å². The van der Waals surface area contributed by atoms with Gasteiger partial charge >= 0.3 is 12.1 Å². The van der Waals surface area contributed by atoms with E-state index in [0.717, 1.165) is 0 Å². The van der Waals surface area contributed by atoms with Crippen LogP contribution in [0.15, 0.2) is 0 Å². The summed E-state index contributed by atoms with van der Waals surface area (Å²) in [6.07, 6.45) is 0.318. The number of urea groups is 1. The van der Waals surface area contributed by atoms with Gasteiger partial charge in [-0.05, 0) is 40.5 Å². The lowest BCUT2D eigenvalue weighted by atomic mass is 10.0. The molecule has 2 aliphatic heterocycles. The third-order valence-electron chi connectivity index (χ3n) is 4.31. The van der Waals surface area contributed by atoms with Gasteiger partial charge in [0.05, 0.1) is 6.04 Å². The molecule has 7 heteroatoms. The van der Waals surface area contributed by atoms with E-state index in [-0.39, 0.29) is 30.6 Å². The lowest BCUT2D eigenvalue weighted by Gasteiger charge is -2.35. The third-order valence-corrected chi connectivity index (χ3v) is 4.31. The predicted octanol–water partition coefficient (Wildman–Crippen LogP) is 1.58. The number of carbonyl (C=O) groups excluding carboxylic acids is 2. The molecule has 0 aromatic carbocycles. The molecule has 1 atom stereocenters. The van der Waals surface area contributed by atoms with E-state index < -0.39 is 11.6 Å². The minimum Gasteiger partial charge on any atom is -0.465 e. The first-order valence-corrected chi connectivity index (χ1v) is 7.32. The second-order valence-electron chi connectivity index (χ2n) is 6.51. The predicted molar refractivity (Wildman–Crippen MR) is 75.9 cm³/mol. The zero-order valence-corrected chi connectivity index (χ0v) is 13.0. The molecule has 0 aromatic heterocycles. The summed E-state index contributed by atoms with van der Waals surface area (Å²) in [6, 6.07) is -0.754. The Balaban J connectivity index is 2.26. The first-order chi connectivity index (χ1) is 9.67. The molecule has 118 valence electrons. The van der Waals surface area contributed by atoms with Crippen LogP contribution in [0, 0.1) is 0 Å². The van der Waals surface area contributed by atoms with Gasteiger partial charge in [0.15, 0.2) is 0 Å². The first kappa shape index (κ1) is 15.6. The molecule has 0 bridgehead atoms. The van der Waals surface area contributed by atoms with Crippen molar-refractivity contribution in [2.45, 2.75) is 58.2 Å². The number of nitrogens with zero attached hydrogens (tertiary/aromatic N) is 3. The van der Waals surface area contributed by atoms with Crippen molar-refractivity contribution in [3.63, 3.8) is 0 Å². The van der Waals surface area contributed by atoms with Gasteiger partial charge in [-0.1, -0.05) is 0 Å². The summed E-state index contributed by atoms with van der Waals surface area (Å²) in [6.45, 7) is 7.89. The number of likely N-dealkylation sites (tertiary alicyclic amines) is 1. The van der Waals surface area contributed by atoms with Crippen molar-refractivity contribution in [2.75, 3.05) is 13.1 Å². The molecule has 2 rings (SSSR count). The maximum Gasteiger partial charge on any atom is 0.407 e. The molecule has 1 N–H and O–H groups in total. The van der Waals surface area contributed by atoms with Gasteiger partial charge in [-0.25, -0.2) is 9.59 Å². The summed E-state index contributed by atoms with van der Waals surface area (Å²) in [5, 5.41) is 9.10.